The Morgan fingerprint density at radius 2 is 2.08 bits per heavy atom. The Morgan fingerprint density at radius 3 is 2.88 bits per heavy atom. The van der Waals surface area contributed by atoms with Crippen molar-refractivity contribution in [1.29, 1.82) is 0 Å². The number of halogens is 1. The molecule has 4 heterocycles. The fourth-order valence-electron chi connectivity index (χ4n) is 5.49. The highest BCUT2D eigenvalue weighted by Gasteiger charge is 2.59. The largest absolute Gasteiger partial charge is 0.296 e. The molecule has 126 valence electrons. The topological polar surface area (TPSA) is 6.48 Å². The number of rotatable bonds is 3. The first kappa shape index (κ1) is 15.1. The van der Waals surface area contributed by atoms with Crippen molar-refractivity contribution in [2.24, 2.45) is 5.92 Å². The standard InChI is InChI=1S/C20H23FN2S/c21-17-6-4-15(5-7-17)19-11-16-12-22(13-18-3-1-10-24-18)14-20(16)8-2-9-23(19)20/h1,3-7,10,16,19H,2,8-9,11-14H2/t16-,19+,20+/m1/s1. The molecule has 1 aromatic carbocycles. The molecule has 24 heavy (non-hydrogen) atoms. The summed E-state index contributed by atoms with van der Waals surface area (Å²) in [4.78, 5) is 6.90. The first-order valence-corrected chi connectivity index (χ1v) is 9.89. The van der Waals surface area contributed by atoms with Gasteiger partial charge in [-0.3, -0.25) is 9.80 Å². The van der Waals surface area contributed by atoms with Gasteiger partial charge in [-0.25, -0.2) is 4.39 Å². The Morgan fingerprint density at radius 1 is 1.21 bits per heavy atom. The molecule has 3 saturated heterocycles. The van der Waals surface area contributed by atoms with E-state index in [0.717, 1.165) is 12.5 Å². The Kier molecular flexibility index (Phi) is 3.55. The van der Waals surface area contributed by atoms with Crippen LogP contribution in [0.2, 0.25) is 0 Å². The lowest BCUT2D eigenvalue weighted by molar-refractivity contribution is 0.131. The van der Waals surface area contributed by atoms with E-state index in [1.807, 2.05) is 23.5 Å². The molecule has 1 spiro atoms. The summed E-state index contributed by atoms with van der Waals surface area (Å²) in [5.74, 6) is 0.630. The highest BCUT2D eigenvalue weighted by Crippen LogP contribution is 2.55. The number of likely N-dealkylation sites (tertiary alicyclic amines) is 1. The molecular weight excluding hydrogens is 319 g/mol. The van der Waals surface area contributed by atoms with Crippen LogP contribution in [0, 0.1) is 11.7 Å². The van der Waals surface area contributed by atoms with Crippen LogP contribution in [0.4, 0.5) is 4.39 Å². The van der Waals surface area contributed by atoms with Crippen LogP contribution in [-0.4, -0.2) is 35.0 Å². The molecule has 3 aliphatic rings. The monoisotopic (exact) mass is 342 g/mol. The average molecular weight is 342 g/mol. The van der Waals surface area contributed by atoms with Gasteiger partial charge in [-0.2, -0.15) is 0 Å². The summed E-state index contributed by atoms with van der Waals surface area (Å²) in [7, 11) is 0. The number of hydrogen-bond donors (Lipinski definition) is 0. The third-order valence-corrected chi connectivity index (χ3v) is 7.28. The van der Waals surface area contributed by atoms with Gasteiger partial charge < -0.3 is 0 Å². The van der Waals surface area contributed by atoms with E-state index in [2.05, 4.69) is 27.3 Å². The second kappa shape index (κ2) is 5.65. The van der Waals surface area contributed by atoms with Crippen molar-refractivity contribution >= 4 is 11.3 Å². The van der Waals surface area contributed by atoms with Gasteiger partial charge in [-0.1, -0.05) is 18.2 Å². The molecule has 0 N–H and O–H groups in total. The number of hydrogen-bond acceptors (Lipinski definition) is 3. The molecule has 1 aromatic heterocycles. The van der Waals surface area contributed by atoms with Crippen molar-refractivity contribution < 1.29 is 4.39 Å². The van der Waals surface area contributed by atoms with E-state index in [1.165, 1.54) is 49.3 Å². The summed E-state index contributed by atoms with van der Waals surface area (Å²) in [5, 5.41) is 2.18. The predicted molar refractivity (Wildman–Crippen MR) is 95.5 cm³/mol. The van der Waals surface area contributed by atoms with Crippen molar-refractivity contribution in [3.05, 3.63) is 58.0 Å². The first-order valence-electron chi connectivity index (χ1n) is 9.01. The van der Waals surface area contributed by atoms with Crippen LogP contribution in [0.25, 0.3) is 0 Å². The maximum absolute atomic E-state index is 13.3. The molecule has 0 bridgehead atoms. The molecule has 0 amide bonds. The molecule has 4 heteroatoms. The summed E-state index contributed by atoms with van der Waals surface area (Å²) in [6.07, 6.45) is 3.86. The second-order valence-electron chi connectivity index (χ2n) is 7.65. The van der Waals surface area contributed by atoms with E-state index in [0.29, 0.717) is 11.6 Å². The van der Waals surface area contributed by atoms with Crippen LogP contribution in [0.15, 0.2) is 41.8 Å². The Balaban J connectivity index is 1.38. The van der Waals surface area contributed by atoms with E-state index in [-0.39, 0.29) is 5.82 Å². The smallest absolute Gasteiger partial charge is 0.123 e. The third-order valence-electron chi connectivity index (χ3n) is 6.41. The summed E-state index contributed by atoms with van der Waals surface area (Å²) in [6, 6.07) is 12.1. The maximum atomic E-state index is 13.3. The van der Waals surface area contributed by atoms with Crippen molar-refractivity contribution in [3.63, 3.8) is 0 Å². The van der Waals surface area contributed by atoms with Crippen molar-refractivity contribution in [2.45, 2.75) is 37.4 Å². The van der Waals surface area contributed by atoms with Crippen molar-refractivity contribution in [2.75, 3.05) is 19.6 Å². The number of nitrogens with zero attached hydrogens (tertiary/aromatic N) is 2. The van der Waals surface area contributed by atoms with Crippen LogP contribution in [0.3, 0.4) is 0 Å². The third kappa shape index (κ3) is 2.27. The minimum absolute atomic E-state index is 0.129. The van der Waals surface area contributed by atoms with Gasteiger partial charge in [-0.15, -0.1) is 11.3 Å². The second-order valence-corrected chi connectivity index (χ2v) is 8.68. The fraction of sp³-hybridized carbons (Fsp3) is 0.500. The first-order chi connectivity index (χ1) is 11.7. The summed E-state index contributed by atoms with van der Waals surface area (Å²) in [5.41, 5.74) is 1.67. The van der Waals surface area contributed by atoms with Crippen molar-refractivity contribution in [3.8, 4) is 0 Å². The van der Waals surface area contributed by atoms with Gasteiger partial charge >= 0.3 is 0 Å². The molecular formula is C20H23FN2S. The van der Waals surface area contributed by atoms with E-state index < -0.39 is 0 Å². The zero-order chi connectivity index (χ0) is 16.1. The molecule has 3 aliphatic heterocycles. The summed E-state index contributed by atoms with van der Waals surface area (Å²) < 4.78 is 13.3. The minimum Gasteiger partial charge on any atom is -0.296 e. The Bertz CT molecular complexity index is 714. The molecule has 0 radical (unpaired) electrons. The summed E-state index contributed by atoms with van der Waals surface area (Å²) >= 11 is 1.87. The van der Waals surface area contributed by atoms with E-state index in [9.17, 15) is 4.39 Å². The Labute approximate surface area is 146 Å². The molecule has 2 aromatic rings. The molecule has 0 aliphatic carbocycles. The van der Waals surface area contributed by atoms with Crippen LogP contribution in [-0.2, 0) is 6.54 Å². The molecule has 3 fully saturated rings. The molecule has 0 unspecified atom stereocenters. The number of thiophene rings is 1. The SMILES string of the molecule is Fc1ccc([C@@H]2C[C@@H]3CN(Cc4cccs4)C[C@@]34CCCN24)cc1. The molecule has 5 rings (SSSR count). The maximum Gasteiger partial charge on any atom is 0.123 e. The van der Waals surface area contributed by atoms with E-state index >= 15 is 0 Å². The molecule has 3 atom stereocenters. The number of benzene rings is 1. The van der Waals surface area contributed by atoms with Gasteiger partial charge in [0.1, 0.15) is 5.82 Å². The van der Waals surface area contributed by atoms with E-state index in [1.54, 1.807) is 12.1 Å². The highest BCUT2D eigenvalue weighted by atomic mass is 32.1. The van der Waals surface area contributed by atoms with Crippen LogP contribution >= 0.6 is 11.3 Å². The quantitative estimate of drug-likeness (QED) is 0.821. The van der Waals surface area contributed by atoms with E-state index in [4.69, 9.17) is 0 Å². The molecule has 0 saturated carbocycles. The van der Waals surface area contributed by atoms with Crippen LogP contribution in [0.5, 0.6) is 0 Å². The average Bonchev–Trinajstić information content (AvgIpc) is 3.31. The zero-order valence-electron chi connectivity index (χ0n) is 13.8. The molecule has 2 nitrogen and oxygen atoms in total. The fourth-order valence-corrected chi connectivity index (χ4v) is 6.24. The normalized spacial score (nSPS) is 33.0. The van der Waals surface area contributed by atoms with Gasteiger partial charge in [0.2, 0.25) is 0 Å². The highest BCUT2D eigenvalue weighted by molar-refractivity contribution is 7.09. The minimum atomic E-state index is -0.129. The van der Waals surface area contributed by atoms with Gasteiger partial charge in [0.15, 0.2) is 0 Å². The van der Waals surface area contributed by atoms with Gasteiger partial charge in [-0.05, 0) is 60.9 Å². The predicted octanol–water partition coefficient (Wildman–Crippen LogP) is 4.30. The lowest BCUT2D eigenvalue weighted by atomic mass is 9.86. The lowest BCUT2D eigenvalue weighted by Gasteiger charge is -2.35. The Hall–Kier alpha value is -1.23. The summed E-state index contributed by atoms with van der Waals surface area (Å²) in [6.45, 7) is 4.72. The lowest BCUT2D eigenvalue weighted by Crippen LogP contribution is -2.45. The van der Waals surface area contributed by atoms with Gasteiger partial charge in [0.05, 0.1) is 0 Å². The van der Waals surface area contributed by atoms with Crippen LogP contribution in [0.1, 0.15) is 35.7 Å². The van der Waals surface area contributed by atoms with Gasteiger partial charge in [0, 0.05) is 36.1 Å². The van der Waals surface area contributed by atoms with Crippen LogP contribution < -0.4 is 0 Å². The van der Waals surface area contributed by atoms with Crippen molar-refractivity contribution in [1.82, 2.24) is 9.80 Å². The zero-order valence-corrected chi connectivity index (χ0v) is 14.6. The van der Waals surface area contributed by atoms with Gasteiger partial charge in [0.25, 0.3) is 0 Å².